The first kappa shape index (κ1) is 12.1. The molecule has 1 aromatic carbocycles. The lowest BCUT2D eigenvalue weighted by atomic mass is 9.98. The third kappa shape index (κ3) is 3.08. The van der Waals surface area contributed by atoms with Crippen molar-refractivity contribution in [3.05, 3.63) is 35.4 Å². The monoisotopic (exact) mass is 281 g/mol. The van der Waals surface area contributed by atoms with E-state index in [9.17, 15) is 0 Å². The fourth-order valence-corrected chi connectivity index (χ4v) is 2.97. The first-order chi connectivity index (χ1) is 7.79. The van der Waals surface area contributed by atoms with E-state index in [-0.39, 0.29) is 0 Å². The minimum absolute atomic E-state index is 0.896. The third-order valence-corrected chi connectivity index (χ3v) is 4.50. The molecular formula is C14H20BrN. The van der Waals surface area contributed by atoms with E-state index >= 15 is 0 Å². The number of alkyl halides is 1. The van der Waals surface area contributed by atoms with E-state index in [4.69, 9.17) is 0 Å². The molecule has 1 saturated heterocycles. The van der Waals surface area contributed by atoms with Crippen LogP contribution in [-0.2, 0) is 6.54 Å². The lowest BCUT2D eigenvalue weighted by Crippen LogP contribution is -2.33. The summed E-state index contributed by atoms with van der Waals surface area (Å²) in [5.74, 6) is 0.896. The van der Waals surface area contributed by atoms with E-state index in [0.717, 1.165) is 12.5 Å². The number of halogens is 1. The second-order valence-corrected chi connectivity index (χ2v) is 5.45. The van der Waals surface area contributed by atoms with Gasteiger partial charge in [-0.05, 0) is 49.9 Å². The van der Waals surface area contributed by atoms with Gasteiger partial charge in [0.1, 0.15) is 0 Å². The smallest absolute Gasteiger partial charge is 0.0236 e. The number of piperidine rings is 1. The standard InChI is InChI=1S/C14H20BrN/c1-12-4-2-3-5-14(12)11-16-8-6-13(10-15)7-9-16/h2-5,13H,6-11H2,1H3. The molecule has 1 aliphatic heterocycles. The molecule has 1 nitrogen and oxygen atoms in total. The molecule has 0 unspecified atom stereocenters. The van der Waals surface area contributed by atoms with Crippen molar-refractivity contribution >= 4 is 15.9 Å². The molecule has 1 aromatic rings. The van der Waals surface area contributed by atoms with Crippen molar-refractivity contribution in [3.63, 3.8) is 0 Å². The quantitative estimate of drug-likeness (QED) is 0.766. The van der Waals surface area contributed by atoms with Crippen molar-refractivity contribution < 1.29 is 0 Å². The Balaban J connectivity index is 1.89. The molecule has 2 heteroatoms. The fraction of sp³-hybridized carbons (Fsp3) is 0.571. The molecule has 0 atom stereocenters. The molecule has 88 valence electrons. The number of benzene rings is 1. The highest BCUT2D eigenvalue weighted by atomic mass is 79.9. The summed E-state index contributed by atoms with van der Waals surface area (Å²) in [4.78, 5) is 2.58. The van der Waals surface area contributed by atoms with Gasteiger partial charge in [0, 0.05) is 11.9 Å². The Labute approximate surface area is 107 Å². The molecule has 0 saturated carbocycles. The van der Waals surface area contributed by atoms with Gasteiger partial charge in [0.25, 0.3) is 0 Å². The molecule has 0 aromatic heterocycles. The maximum absolute atomic E-state index is 3.59. The van der Waals surface area contributed by atoms with Crippen molar-refractivity contribution in [3.8, 4) is 0 Å². The zero-order valence-corrected chi connectivity index (χ0v) is 11.5. The van der Waals surface area contributed by atoms with Gasteiger partial charge < -0.3 is 0 Å². The highest BCUT2D eigenvalue weighted by molar-refractivity contribution is 9.09. The molecule has 0 radical (unpaired) electrons. The maximum Gasteiger partial charge on any atom is 0.0236 e. The van der Waals surface area contributed by atoms with Gasteiger partial charge in [-0.2, -0.15) is 0 Å². The van der Waals surface area contributed by atoms with Gasteiger partial charge >= 0.3 is 0 Å². The van der Waals surface area contributed by atoms with Crippen molar-refractivity contribution in [2.24, 2.45) is 5.92 Å². The summed E-state index contributed by atoms with van der Waals surface area (Å²) < 4.78 is 0. The number of hydrogen-bond acceptors (Lipinski definition) is 1. The molecular weight excluding hydrogens is 262 g/mol. The molecule has 0 bridgehead atoms. The van der Waals surface area contributed by atoms with Crippen LogP contribution >= 0.6 is 15.9 Å². The van der Waals surface area contributed by atoms with Crippen LogP contribution in [0, 0.1) is 12.8 Å². The highest BCUT2D eigenvalue weighted by Crippen LogP contribution is 2.21. The van der Waals surface area contributed by atoms with Crippen LogP contribution in [0.25, 0.3) is 0 Å². The molecule has 0 N–H and O–H groups in total. The van der Waals surface area contributed by atoms with Crippen LogP contribution in [0.3, 0.4) is 0 Å². The Morgan fingerprint density at radius 2 is 1.94 bits per heavy atom. The maximum atomic E-state index is 3.59. The topological polar surface area (TPSA) is 3.24 Å². The average molecular weight is 282 g/mol. The van der Waals surface area contributed by atoms with E-state index in [1.54, 1.807) is 0 Å². The number of hydrogen-bond donors (Lipinski definition) is 0. The fourth-order valence-electron chi connectivity index (χ4n) is 2.33. The van der Waals surface area contributed by atoms with Crippen molar-refractivity contribution in [1.82, 2.24) is 4.90 Å². The molecule has 0 amide bonds. The minimum atomic E-state index is 0.896. The van der Waals surface area contributed by atoms with E-state index in [1.165, 1.54) is 42.4 Å². The van der Waals surface area contributed by atoms with Crippen LogP contribution in [-0.4, -0.2) is 23.3 Å². The average Bonchev–Trinajstić information content (AvgIpc) is 2.33. The Morgan fingerprint density at radius 3 is 2.56 bits per heavy atom. The van der Waals surface area contributed by atoms with Gasteiger partial charge in [0.2, 0.25) is 0 Å². The minimum Gasteiger partial charge on any atom is -0.299 e. The lowest BCUT2D eigenvalue weighted by Gasteiger charge is -2.31. The summed E-state index contributed by atoms with van der Waals surface area (Å²) >= 11 is 3.59. The first-order valence-electron chi connectivity index (χ1n) is 6.12. The van der Waals surface area contributed by atoms with Crippen LogP contribution in [0.4, 0.5) is 0 Å². The number of rotatable bonds is 3. The Bertz CT molecular complexity index is 329. The van der Waals surface area contributed by atoms with Crippen LogP contribution in [0.1, 0.15) is 24.0 Å². The van der Waals surface area contributed by atoms with E-state index in [0.29, 0.717) is 0 Å². The van der Waals surface area contributed by atoms with Gasteiger partial charge in [-0.1, -0.05) is 40.2 Å². The number of nitrogens with zero attached hydrogens (tertiary/aromatic N) is 1. The van der Waals surface area contributed by atoms with Crippen LogP contribution in [0.15, 0.2) is 24.3 Å². The largest absolute Gasteiger partial charge is 0.299 e. The van der Waals surface area contributed by atoms with Gasteiger partial charge in [-0.15, -0.1) is 0 Å². The predicted octanol–water partition coefficient (Wildman–Crippen LogP) is 3.60. The molecule has 2 rings (SSSR count). The van der Waals surface area contributed by atoms with E-state index in [1.807, 2.05) is 0 Å². The first-order valence-corrected chi connectivity index (χ1v) is 7.24. The van der Waals surface area contributed by atoms with Crippen LogP contribution < -0.4 is 0 Å². The zero-order chi connectivity index (χ0) is 11.4. The summed E-state index contributed by atoms with van der Waals surface area (Å²) in [5.41, 5.74) is 2.91. The van der Waals surface area contributed by atoms with E-state index in [2.05, 4.69) is 52.0 Å². The predicted molar refractivity (Wildman–Crippen MR) is 73.0 cm³/mol. The zero-order valence-electron chi connectivity index (χ0n) is 9.95. The molecule has 1 heterocycles. The summed E-state index contributed by atoms with van der Waals surface area (Å²) in [7, 11) is 0. The number of likely N-dealkylation sites (tertiary alicyclic amines) is 1. The lowest BCUT2D eigenvalue weighted by molar-refractivity contribution is 0.187. The molecule has 0 spiro atoms. The SMILES string of the molecule is Cc1ccccc1CN1CCC(CBr)CC1. The summed E-state index contributed by atoms with van der Waals surface area (Å²) in [6, 6.07) is 8.73. The van der Waals surface area contributed by atoms with Gasteiger partial charge in [0.15, 0.2) is 0 Å². The summed E-state index contributed by atoms with van der Waals surface area (Å²) in [6.07, 6.45) is 2.69. The van der Waals surface area contributed by atoms with Crippen molar-refractivity contribution in [2.75, 3.05) is 18.4 Å². The Hall–Kier alpha value is -0.340. The molecule has 1 fully saturated rings. The third-order valence-electron chi connectivity index (χ3n) is 3.58. The van der Waals surface area contributed by atoms with Gasteiger partial charge in [0.05, 0.1) is 0 Å². The highest BCUT2D eigenvalue weighted by Gasteiger charge is 2.18. The Morgan fingerprint density at radius 1 is 1.25 bits per heavy atom. The van der Waals surface area contributed by atoms with Crippen LogP contribution in [0.2, 0.25) is 0 Å². The van der Waals surface area contributed by atoms with E-state index < -0.39 is 0 Å². The molecule has 0 aliphatic carbocycles. The Kier molecular flexibility index (Phi) is 4.42. The molecule has 16 heavy (non-hydrogen) atoms. The summed E-state index contributed by atoms with van der Waals surface area (Å²) in [6.45, 7) is 5.84. The summed E-state index contributed by atoms with van der Waals surface area (Å²) in [5, 5.41) is 1.17. The van der Waals surface area contributed by atoms with Crippen LogP contribution in [0.5, 0.6) is 0 Å². The van der Waals surface area contributed by atoms with Crippen molar-refractivity contribution in [1.29, 1.82) is 0 Å². The normalized spacial score (nSPS) is 18.9. The second-order valence-electron chi connectivity index (χ2n) is 4.80. The van der Waals surface area contributed by atoms with Gasteiger partial charge in [-0.3, -0.25) is 4.90 Å². The van der Waals surface area contributed by atoms with Crippen molar-refractivity contribution in [2.45, 2.75) is 26.3 Å². The van der Waals surface area contributed by atoms with Gasteiger partial charge in [-0.25, -0.2) is 0 Å². The molecule has 1 aliphatic rings. The second kappa shape index (κ2) is 5.83. The number of aryl methyl sites for hydroxylation is 1.